The Kier molecular flexibility index (Phi) is 9.37. The van der Waals surface area contributed by atoms with Crippen molar-refractivity contribution in [2.24, 2.45) is 23.7 Å². The highest BCUT2D eigenvalue weighted by atomic mass is 16.5. The Morgan fingerprint density at radius 2 is 1.80 bits per heavy atom. The molecule has 0 aromatic heterocycles. The number of allylic oxidation sites excluding steroid dienone is 1. The van der Waals surface area contributed by atoms with Crippen LogP contribution in [0.25, 0.3) is 0 Å². The molecule has 0 radical (unpaired) electrons. The van der Waals surface area contributed by atoms with Crippen LogP contribution < -0.4 is 15.4 Å². The molecule has 0 unspecified atom stereocenters. The van der Waals surface area contributed by atoms with E-state index in [0.717, 1.165) is 17.7 Å². The fourth-order valence-electron chi connectivity index (χ4n) is 4.16. The van der Waals surface area contributed by atoms with Gasteiger partial charge < -0.3 is 20.1 Å². The van der Waals surface area contributed by atoms with Gasteiger partial charge in [-0.2, -0.15) is 0 Å². The van der Waals surface area contributed by atoms with Gasteiger partial charge in [0, 0.05) is 26.6 Å². The van der Waals surface area contributed by atoms with E-state index in [1.807, 2.05) is 24.3 Å². The Bertz CT molecular complexity index is 727. The molecule has 0 saturated carbocycles. The van der Waals surface area contributed by atoms with Crippen molar-refractivity contribution in [3.8, 4) is 5.75 Å². The number of ether oxygens (including phenoxy) is 2. The van der Waals surface area contributed by atoms with Crippen molar-refractivity contribution in [2.45, 2.75) is 40.2 Å². The van der Waals surface area contributed by atoms with E-state index in [1.54, 1.807) is 7.11 Å². The lowest BCUT2D eigenvalue weighted by molar-refractivity contribution is -0.125. The Morgan fingerprint density at radius 3 is 2.40 bits per heavy atom. The van der Waals surface area contributed by atoms with Gasteiger partial charge in [0.05, 0.1) is 7.11 Å². The van der Waals surface area contributed by atoms with Gasteiger partial charge in [0.15, 0.2) is 0 Å². The number of carbonyl (C=O) groups excluding carboxylic acids is 2. The van der Waals surface area contributed by atoms with Gasteiger partial charge in [-0.25, -0.2) is 0 Å². The molecule has 0 saturated heterocycles. The summed E-state index contributed by atoms with van der Waals surface area (Å²) in [5.74, 6) is 2.20. The van der Waals surface area contributed by atoms with E-state index in [4.69, 9.17) is 9.47 Å². The lowest BCUT2D eigenvalue weighted by atomic mass is 9.69. The topological polar surface area (TPSA) is 76.7 Å². The van der Waals surface area contributed by atoms with E-state index in [1.165, 1.54) is 12.7 Å². The van der Waals surface area contributed by atoms with E-state index in [2.05, 4.69) is 37.5 Å². The summed E-state index contributed by atoms with van der Waals surface area (Å²) >= 11 is 0. The fraction of sp³-hybridized carbons (Fsp3) is 0.583. The molecule has 6 heteroatoms. The summed E-state index contributed by atoms with van der Waals surface area (Å²) in [5, 5.41) is 6.00. The predicted octanol–water partition coefficient (Wildman–Crippen LogP) is 3.32. The van der Waals surface area contributed by atoms with Crippen LogP contribution in [0, 0.1) is 23.7 Å². The summed E-state index contributed by atoms with van der Waals surface area (Å²) in [6.07, 6.45) is 3.70. The monoisotopic (exact) mass is 416 g/mol. The molecule has 0 heterocycles. The lowest BCUT2D eigenvalue weighted by Crippen LogP contribution is -2.38. The first-order valence-electron chi connectivity index (χ1n) is 10.7. The molecule has 0 aliphatic heterocycles. The van der Waals surface area contributed by atoms with Crippen LogP contribution in [-0.4, -0.2) is 39.2 Å². The van der Waals surface area contributed by atoms with Gasteiger partial charge in [-0.1, -0.05) is 37.6 Å². The van der Waals surface area contributed by atoms with Crippen molar-refractivity contribution >= 4 is 11.8 Å². The van der Waals surface area contributed by atoms with Gasteiger partial charge in [-0.3, -0.25) is 9.59 Å². The Balaban J connectivity index is 1.92. The van der Waals surface area contributed by atoms with Gasteiger partial charge in [0.1, 0.15) is 12.4 Å². The van der Waals surface area contributed by atoms with Gasteiger partial charge in [0.25, 0.3) is 0 Å². The molecule has 1 aliphatic carbocycles. The number of hydrogen-bond acceptors (Lipinski definition) is 4. The molecule has 0 spiro atoms. The first-order valence-corrected chi connectivity index (χ1v) is 10.7. The maximum absolute atomic E-state index is 12.6. The third kappa shape index (κ3) is 7.17. The standard InChI is InChI=1S/C24H36N2O4/c1-16(2)22-11-19(17(3)10-20(22)14-26-24(28)15-29-4)12-23(27)25-13-18-6-8-21(30-5)9-7-18/h6-10,16,19-20,22H,11-15H2,1-5H3,(H,25,27)(H,26,28)/t19-,20-,22-/m0/s1. The predicted molar refractivity (Wildman–Crippen MR) is 118 cm³/mol. The first-order chi connectivity index (χ1) is 14.3. The second kappa shape index (κ2) is 11.7. The maximum Gasteiger partial charge on any atom is 0.246 e. The summed E-state index contributed by atoms with van der Waals surface area (Å²) in [6.45, 7) is 7.73. The third-order valence-electron chi connectivity index (χ3n) is 5.97. The Hall–Kier alpha value is -2.34. The normalized spacial score (nSPS) is 21.1. The zero-order valence-corrected chi connectivity index (χ0v) is 18.9. The first kappa shape index (κ1) is 23.9. The van der Waals surface area contributed by atoms with Crippen LogP contribution in [0.2, 0.25) is 0 Å². The molecule has 166 valence electrons. The van der Waals surface area contributed by atoms with Gasteiger partial charge >= 0.3 is 0 Å². The zero-order valence-electron chi connectivity index (χ0n) is 18.9. The van der Waals surface area contributed by atoms with E-state index in [0.29, 0.717) is 31.3 Å². The zero-order chi connectivity index (χ0) is 22.1. The van der Waals surface area contributed by atoms with Crippen molar-refractivity contribution in [1.82, 2.24) is 10.6 Å². The average molecular weight is 417 g/mol. The van der Waals surface area contributed by atoms with E-state index in [-0.39, 0.29) is 30.3 Å². The van der Waals surface area contributed by atoms with Crippen LogP contribution in [-0.2, 0) is 20.9 Å². The van der Waals surface area contributed by atoms with Gasteiger partial charge in [0.2, 0.25) is 11.8 Å². The molecule has 2 N–H and O–H groups in total. The minimum Gasteiger partial charge on any atom is -0.497 e. The molecule has 1 aliphatic rings. The largest absolute Gasteiger partial charge is 0.497 e. The molecular weight excluding hydrogens is 380 g/mol. The van der Waals surface area contributed by atoms with E-state index in [9.17, 15) is 9.59 Å². The van der Waals surface area contributed by atoms with Gasteiger partial charge in [-0.05, 0) is 54.7 Å². The van der Waals surface area contributed by atoms with Crippen molar-refractivity contribution in [2.75, 3.05) is 27.4 Å². The molecule has 1 aromatic rings. The number of hydrogen-bond donors (Lipinski definition) is 2. The fourth-order valence-corrected chi connectivity index (χ4v) is 4.16. The Morgan fingerprint density at radius 1 is 1.10 bits per heavy atom. The molecule has 2 rings (SSSR count). The summed E-state index contributed by atoms with van der Waals surface area (Å²) in [5.41, 5.74) is 2.28. The lowest BCUT2D eigenvalue weighted by Gasteiger charge is -2.37. The number of methoxy groups -OCH3 is 2. The number of amides is 2. The van der Waals surface area contributed by atoms with Crippen LogP contribution in [0.1, 0.15) is 39.2 Å². The molecule has 30 heavy (non-hydrogen) atoms. The maximum atomic E-state index is 12.6. The molecular formula is C24H36N2O4. The number of benzene rings is 1. The minimum atomic E-state index is -0.0916. The molecule has 3 atom stereocenters. The molecule has 1 aromatic carbocycles. The van der Waals surface area contributed by atoms with Crippen LogP contribution in [0.4, 0.5) is 0 Å². The minimum absolute atomic E-state index is 0.0675. The molecule has 2 amide bonds. The molecule has 0 fully saturated rings. The van der Waals surface area contributed by atoms with Crippen LogP contribution in [0.3, 0.4) is 0 Å². The molecule has 0 bridgehead atoms. The van der Waals surface area contributed by atoms with Gasteiger partial charge in [-0.15, -0.1) is 0 Å². The van der Waals surface area contributed by atoms with Crippen LogP contribution >= 0.6 is 0 Å². The van der Waals surface area contributed by atoms with Crippen molar-refractivity contribution < 1.29 is 19.1 Å². The third-order valence-corrected chi connectivity index (χ3v) is 5.97. The quantitative estimate of drug-likeness (QED) is 0.574. The van der Waals surface area contributed by atoms with E-state index < -0.39 is 0 Å². The van der Waals surface area contributed by atoms with Crippen LogP contribution in [0.15, 0.2) is 35.9 Å². The second-order valence-electron chi connectivity index (χ2n) is 8.48. The highest BCUT2D eigenvalue weighted by molar-refractivity contribution is 5.77. The number of nitrogens with one attached hydrogen (secondary N) is 2. The highest BCUT2D eigenvalue weighted by Crippen LogP contribution is 2.38. The summed E-state index contributed by atoms with van der Waals surface area (Å²) in [7, 11) is 3.16. The average Bonchev–Trinajstić information content (AvgIpc) is 2.72. The second-order valence-corrected chi connectivity index (χ2v) is 8.48. The van der Waals surface area contributed by atoms with Crippen molar-refractivity contribution in [1.29, 1.82) is 0 Å². The molecule has 6 nitrogen and oxygen atoms in total. The van der Waals surface area contributed by atoms with Crippen molar-refractivity contribution in [3.05, 3.63) is 41.5 Å². The number of rotatable bonds is 10. The summed E-state index contributed by atoms with van der Waals surface area (Å²) < 4.78 is 10.1. The smallest absolute Gasteiger partial charge is 0.246 e. The van der Waals surface area contributed by atoms with E-state index >= 15 is 0 Å². The number of carbonyl (C=O) groups is 2. The highest BCUT2D eigenvalue weighted by Gasteiger charge is 2.32. The summed E-state index contributed by atoms with van der Waals surface area (Å²) in [6, 6.07) is 7.72. The van der Waals surface area contributed by atoms with Crippen LogP contribution in [0.5, 0.6) is 5.75 Å². The Labute approximate surface area is 180 Å². The van der Waals surface area contributed by atoms with Crippen molar-refractivity contribution in [3.63, 3.8) is 0 Å². The SMILES string of the molecule is COCC(=O)NC[C@@H]1C=C(C)[C@H](CC(=O)NCc2ccc(OC)cc2)C[C@H]1C(C)C. The summed E-state index contributed by atoms with van der Waals surface area (Å²) in [4.78, 5) is 24.3.